The predicted molar refractivity (Wildman–Crippen MR) is 159 cm³/mol. The second-order valence-corrected chi connectivity index (χ2v) is 11.8. The molecule has 0 radical (unpaired) electrons. The second kappa shape index (κ2) is 11.2. The molecule has 0 aromatic heterocycles. The fourth-order valence-corrected chi connectivity index (χ4v) is 6.85. The minimum absolute atomic E-state index is 0. The van der Waals surface area contributed by atoms with Crippen molar-refractivity contribution in [3.05, 3.63) is 106 Å². The van der Waals surface area contributed by atoms with Crippen LogP contribution in [0.5, 0.6) is 0 Å². The molecule has 0 amide bonds. The Morgan fingerprint density at radius 1 is 0.868 bits per heavy atom. The van der Waals surface area contributed by atoms with Gasteiger partial charge in [-0.15, -0.1) is 0 Å². The normalized spacial score (nSPS) is 21.9. The molecule has 0 spiro atoms. The number of benzene rings is 2. The Labute approximate surface area is 251 Å². The molecule has 0 atom stereocenters. The number of nitrogens with zero attached hydrogens (tertiary/aromatic N) is 2. The molecule has 4 heteroatoms. The number of allylic oxidation sites excluding steroid dienone is 8. The van der Waals surface area contributed by atoms with Crippen LogP contribution in [0.4, 0.5) is 11.4 Å². The summed E-state index contributed by atoms with van der Waals surface area (Å²) in [4.78, 5) is 2.45. The Morgan fingerprint density at radius 3 is 2.26 bits per heavy atom. The van der Waals surface area contributed by atoms with Gasteiger partial charge in [-0.3, -0.25) is 0 Å². The Balaban J connectivity index is 0.00000336. The molecule has 5 rings (SSSR count). The number of halogens is 2. The summed E-state index contributed by atoms with van der Waals surface area (Å²) in [6.07, 6.45) is 12.4. The van der Waals surface area contributed by atoms with Crippen molar-refractivity contribution < 1.29 is 28.6 Å². The molecule has 2 aliphatic heterocycles. The molecule has 38 heavy (non-hydrogen) atoms. The van der Waals surface area contributed by atoms with Crippen LogP contribution >= 0.6 is 11.6 Å². The SMILES string of the molecule is CCN1/C(=C\C=C2\CCCC(C=CC3=[N+](CC)c4ccccc4C3(C)C)=C2Cl)C(C)(C)c2ccccc21.[I-]. The van der Waals surface area contributed by atoms with Crippen molar-refractivity contribution in [2.45, 2.75) is 71.6 Å². The molecule has 0 saturated heterocycles. The highest BCUT2D eigenvalue weighted by Gasteiger charge is 2.43. The van der Waals surface area contributed by atoms with Crippen molar-refractivity contribution >= 4 is 28.7 Å². The van der Waals surface area contributed by atoms with Gasteiger partial charge in [0.25, 0.3) is 0 Å². The van der Waals surface area contributed by atoms with Crippen molar-refractivity contribution in [1.29, 1.82) is 0 Å². The molecule has 0 N–H and O–H groups in total. The number of hydrogen-bond donors (Lipinski definition) is 0. The zero-order valence-corrected chi connectivity index (χ0v) is 26.5. The van der Waals surface area contributed by atoms with Gasteiger partial charge in [0.2, 0.25) is 5.69 Å². The molecule has 2 heterocycles. The highest BCUT2D eigenvalue weighted by Crippen LogP contribution is 2.47. The van der Waals surface area contributed by atoms with Crippen molar-refractivity contribution in [2.75, 3.05) is 18.0 Å². The van der Waals surface area contributed by atoms with E-state index in [1.165, 1.54) is 45.1 Å². The average Bonchev–Trinajstić information content (AvgIpc) is 3.25. The monoisotopic (exact) mass is 638 g/mol. The number of para-hydroxylation sites is 2. The van der Waals surface area contributed by atoms with Gasteiger partial charge in [0.15, 0.2) is 5.71 Å². The number of fused-ring (bicyclic) bond motifs is 2. The highest BCUT2D eigenvalue weighted by molar-refractivity contribution is 6.32. The number of hydrogen-bond acceptors (Lipinski definition) is 1. The number of rotatable bonds is 5. The largest absolute Gasteiger partial charge is 1.00 e. The predicted octanol–water partition coefficient (Wildman–Crippen LogP) is 5.95. The summed E-state index contributed by atoms with van der Waals surface area (Å²) in [6.45, 7) is 15.7. The van der Waals surface area contributed by atoms with Crippen LogP contribution in [0, 0.1) is 0 Å². The lowest BCUT2D eigenvalue weighted by molar-refractivity contribution is -0.433. The van der Waals surface area contributed by atoms with E-state index in [1.807, 2.05) is 0 Å². The average molecular weight is 639 g/mol. The van der Waals surface area contributed by atoms with Gasteiger partial charge in [0.05, 0.1) is 5.41 Å². The smallest absolute Gasteiger partial charge is 0.209 e. The van der Waals surface area contributed by atoms with Crippen LogP contribution in [0.3, 0.4) is 0 Å². The van der Waals surface area contributed by atoms with Crippen molar-refractivity contribution in [2.24, 2.45) is 0 Å². The van der Waals surface area contributed by atoms with E-state index in [2.05, 4.69) is 124 Å². The topological polar surface area (TPSA) is 6.25 Å². The highest BCUT2D eigenvalue weighted by atomic mass is 127. The first kappa shape index (κ1) is 28.9. The maximum atomic E-state index is 7.07. The molecule has 0 unspecified atom stereocenters. The van der Waals surface area contributed by atoms with E-state index in [0.29, 0.717) is 0 Å². The number of anilines is 1. The van der Waals surface area contributed by atoms with Gasteiger partial charge < -0.3 is 28.9 Å². The van der Waals surface area contributed by atoms with E-state index in [0.717, 1.165) is 37.4 Å². The summed E-state index contributed by atoms with van der Waals surface area (Å²) >= 11 is 7.07. The fourth-order valence-electron chi connectivity index (χ4n) is 6.53. The van der Waals surface area contributed by atoms with Gasteiger partial charge in [-0.05, 0) is 75.8 Å². The van der Waals surface area contributed by atoms with Gasteiger partial charge in [-0.1, -0.05) is 74.0 Å². The van der Waals surface area contributed by atoms with Crippen LogP contribution in [0.1, 0.15) is 71.9 Å². The molecule has 3 aliphatic rings. The minimum Gasteiger partial charge on any atom is -1.00 e. The first-order valence-electron chi connectivity index (χ1n) is 13.8. The van der Waals surface area contributed by atoms with E-state index in [4.69, 9.17) is 11.6 Å². The van der Waals surface area contributed by atoms with Gasteiger partial charge in [-0.25, -0.2) is 0 Å². The van der Waals surface area contributed by atoms with Crippen LogP contribution < -0.4 is 28.9 Å². The first-order valence-corrected chi connectivity index (χ1v) is 14.2. The molecule has 2 aromatic rings. The third-order valence-corrected chi connectivity index (χ3v) is 9.06. The lowest BCUT2D eigenvalue weighted by Gasteiger charge is -2.26. The Morgan fingerprint density at radius 2 is 1.55 bits per heavy atom. The quantitative estimate of drug-likeness (QED) is 0.290. The molecular formula is C34H40ClIN2. The summed E-state index contributed by atoms with van der Waals surface area (Å²) in [7, 11) is 0. The Bertz CT molecular complexity index is 1390. The van der Waals surface area contributed by atoms with Gasteiger partial charge in [0.1, 0.15) is 6.54 Å². The van der Waals surface area contributed by atoms with Crippen LogP contribution in [-0.4, -0.2) is 23.4 Å². The summed E-state index contributed by atoms with van der Waals surface area (Å²) < 4.78 is 2.45. The van der Waals surface area contributed by atoms with E-state index in [1.54, 1.807) is 0 Å². The molecule has 1 aliphatic carbocycles. The van der Waals surface area contributed by atoms with E-state index in [9.17, 15) is 0 Å². The molecular weight excluding hydrogens is 599 g/mol. The summed E-state index contributed by atoms with van der Waals surface area (Å²) in [6, 6.07) is 17.6. The molecule has 2 nitrogen and oxygen atoms in total. The lowest BCUT2D eigenvalue weighted by atomic mass is 9.81. The maximum Gasteiger partial charge on any atom is 0.209 e. The van der Waals surface area contributed by atoms with Crippen molar-refractivity contribution in [1.82, 2.24) is 0 Å². The number of likely N-dealkylation sites (N-methyl/N-ethyl adjacent to an activating group) is 1. The molecule has 200 valence electrons. The molecule has 0 fully saturated rings. The first-order chi connectivity index (χ1) is 17.7. The van der Waals surface area contributed by atoms with Crippen LogP contribution in [0.15, 0.2) is 94.7 Å². The van der Waals surface area contributed by atoms with Crippen LogP contribution in [0.25, 0.3) is 0 Å². The zero-order chi connectivity index (χ0) is 26.4. The Kier molecular flexibility index (Phi) is 8.49. The summed E-state index contributed by atoms with van der Waals surface area (Å²) in [5.41, 5.74) is 10.6. The molecule has 0 saturated carbocycles. The lowest BCUT2D eigenvalue weighted by Crippen LogP contribution is -3.00. The van der Waals surface area contributed by atoms with Crippen LogP contribution in [0.2, 0.25) is 0 Å². The Hall–Kier alpha value is -2.11. The third kappa shape index (κ3) is 4.75. The van der Waals surface area contributed by atoms with E-state index < -0.39 is 0 Å². The van der Waals surface area contributed by atoms with Gasteiger partial charge in [0, 0.05) is 46.1 Å². The van der Waals surface area contributed by atoms with Gasteiger partial charge in [-0.2, -0.15) is 4.58 Å². The van der Waals surface area contributed by atoms with E-state index in [-0.39, 0.29) is 34.8 Å². The molecule has 0 bridgehead atoms. The standard InChI is InChI=1S/C34H40ClN2.HI/c1-7-36-28-18-11-9-16-26(28)33(3,4)30(36)22-20-24-14-13-15-25(32(24)35)21-23-31-34(5,6)27-17-10-12-19-29(27)37(31)8-2;/h9-12,16-23H,7-8,13-15H2,1-6H3;1H/q+1;/p-1. The zero-order valence-electron chi connectivity index (χ0n) is 23.6. The van der Waals surface area contributed by atoms with Crippen molar-refractivity contribution in [3.63, 3.8) is 0 Å². The summed E-state index contributed by atoms with van der Waals surface area (Å²) in [5, 5.41) is 0.924. The molecule has 2 aromatic carbocycles. The second-order valence-electron chi connectivity index (χ2n) is 11.4. The van der Waals surface area contributed by atoms with Gasteiger partial charge >= 0.3 is 0 Å². The van der Waals surface area contributed by atoms with E-state index >= 15 is 0 Å². The summed E-state index contributed by atoms with van der Waals surface area (Å²) in [5.74, 6) is 0. The maximum absolute atomic E-state index is 7.07. The minimum atomic E-state index is -0.0272. The van der Waals surface area contributed by atoms with Crippen molar-refractivity contribution in [3.8, 4) is 0 Å². The fraction of sp³-hybridized carbons (Fsp3) is 0.382. The van der Waals surface area contributed by atoms with Crippen LogP contribution in [-0.2, 0) is 10.8 Å². The third-order valence-electron chi connectivity index (χ3n) is 8.57.